The monoisotopic (exact) mass is 614 g/mol. The molecule has 0 saturated heterocycles. The number of ketones is 2. The predicted octanol–water partition coefficient (Wildman–Crippen LogP) is 7.66. The summed E-state index contributed by atoms with van der Waals surface area (Å²) in [6.07, 6.45) is 5.23. The molecule has 0 spiro atoms. The van der Waals surface area contributed by atoms with Gasteiger partial charge in [0.2, 0.25) is 0 Å². The molecule has 0 radical (unpaired) electrons. The normalized spacial score (nSPS) is 22.2. The van der Waals surface area contributed by atoms with Crippen LogP contribution in [0.3, 0.4) is 0 Å². The van der Waals surface area contributed by atoms with Crippen molar-refractivity contribution in [1.82, 2.24) is 9.97 Å². The van der Waals surface area contributed by atoms with Crippen LogP contribution in [0.5, 0.6) is 11.5 Å². The van der Waals surface area contributed by atoms with Crippen LogP contribution in [0.25, 0.3) is 31.8 Å². The maximum Gasteiger partial charge on any atom is 0.314 e. The Hall–Kier alpha value is -3.85. The number of ether oxygens (including phenoxy) is 2. The molecule has 0 aliphatic heterocycles. The van der Waals surface area contributed by atoms with Crippen molar-refractivity contribution < 1.29 is 28.7 Å². The number of nitrogens with zero attached hydrogens (tertiary/aromatic N) is 1. The van der Waals surface area contributed by atoms with E-state index in [-0.39, 0.29) is 47.2 Å². The molecule has 2 aliphatic carbocycles. The van der Waals surface area contributed by atoms with E-state index in [4.69, 9.17) is 14.5 Å². The fourth-order valence-electron chi connectivity index (χ4n) is 6.82. The number of nitrogens with one attached hydrogen (secondary N) is 1. The third-order valence-corrected chi connectivity index (χ3v) is 10.6. The SMILES string of the molecule is CC(=O)C1CCC(C(=O)Oc2ccc(OC(=O)C3CCC(C(C)=O)CC3)c3sc(-c4cc5cc(C)cc(C)c5[nH]4)nc23)CC1. The number of aromatic amines is 1. The van der Waals surface area contributed by atoms with E-state index < -0.39 is 0 Å². The molecule has 44 heavy (non-hydrogen) atoms. The number of thiazole rings is 1. The third kappa shape index (κ3) is 6.07. The van der Waals surface area contributed by atoms with Gasteiger partial charge in [0.15, 0.2) is 11.5 Å². The average Bonchev–Trinajstić information content (AvgIpc) is 3.64. The van der Waals surface area contributed by atoms with Crippen LogP contribution in [0, 0.1) is 37.5 Å². The van der Waals surface area contributed by atoms with Crippen LogP contribution in [0.4, 0.5) is 0 Å². The molecular formula is C35H38N2O6S. The zero-order valence-corrected chi connectivity index (χ0v) is 26.5. The largest absolute Gasteiger partial charge is 0.425 e. The standard InChI is InChI=1S/C35H38N2O6S/c1-18-15-19(2)30-26(16-18)17-27(36-30)33-37-31-28(42-34(40)24-9-5-22(6-10-24)20(3)38)13-14-29(32(31)44-33)43-35(41)25-11-7-23(8-12-25)21(4)39/h13-17,22-25,36H,5-12H2,1-4H3. The summed E-state index contributed by atoms with van der Waals surface area (Å²) in [5.74, 6) is -0.0936. The molecule has 1 N–H and O–H groups in total. The summed E-state index contributed by atoms with van der Waals surface area (Å²) in [4.78, 5) is 58.5. The lowest BCUT2D eigenvalue weighted by Crippen LogP contribution is -2.28. The van der Waals surface area contributed by atoms with E-state index in [1.807, 2.05) is 0 Å². The molecule has 2 aliphatic rings. The highest BCUT2D eigenvalue weighted by Gasteiger charge is 2.32. The number of fused-ring (bicyclic) bond motifs is 2. The minimum atomic E-state index is -0.327. The van der Waals surface area contributed by atoms with Gasteiger partial charge in [0.25, 0.3) is 0 Å². The Bertz CT molecular complexity index is 1680. The van der Waals surface area contributed by atoms with Gasteiger partial charge in [0.05, 0.1) is 17.5 Å². The molecule has 2 aromatic heterocycles. The van der Waals surface area contributed by atoms with Crippen LogP contribution >= 0.6 is 11.3 Å². The first-order valence-electron chi connectivity index (χ1n) is 15.6. The molecule has 2 aromatic carbocycles. The molecule has 0 amide bonds. The minimum absolute atomic E-state index is 0.0158. The summed E-state index contributed by atoms with van der Waals surface area (Å²) < 4.78 is 12.6. The van der Waals surface area contributed by atoms with E-state index in [2.05, 4.69) is 37.0 Å². The lowest BCUT2D eigenvalue weighted by molar-refractivity contribution is -0.141. The summed E-state index contributed by atoms with van der Waals surface area (Å²) in [5.41, 5.74) is 4.63. The van der Waals surface area contributed by atoms with E-state index in [0.29, 0.717) is 78.1 Å². The number of aryl methyl sites for hydroxylation is 2. The molecule has 2 saturated carbocycles. The van der Waals surface area contributed by atoms with Crippen LogP contribution in [0.1, 0.15) is 76.3 Å². The highest BCUT2D eigenvalue weighted by Crippen LogP contribution is 2.42. The number of rotatable bonds is 7. The number of carbonyl (C=O) groups is 4. The van der Waals surface area contributed by atoms with E-state index >= 15 is 0 Å². The van der Waals surface area contributed by atoms with Crippen LogP contribution in [-0.4, -0.2) is 33.5 Å². The summed E-state index contributed by atoms with van der Waals surface area (Å²) in [6, 6.07) is 9.64. The van der Waals surface area contributed by atoms with Crippen molar-refractivity contribution in [3.05, 3.63) is 41.5 Å². The Balaban J connectivity index is 1.31. The fourth-order valence-corrected chi connectivity index (χ4v) is 7.82. The van der Waals surface area contributed by atoms with Crippen molar-refractivity contribution in [2.75, 3.05) is 0 Å². The fraction of sp³-hybridized carbons (Fsp3) is 0.457. The molecule has 8 nitrogen and oxygen atoms in total. The number of carbonyl (C=O) groups excluding carboxylic acids is 4. The number of benzene rings is 2. The maximum atomic E-state index is 13.3. The van der Waals surface area contributed by atoms with Gasteiger partial charge in [0, 0.05) is 22.7 Å². The van der Waals surface area contributed by atoms with Crippen LogP contribution in [0.2, 0.25) is 0 Å². The zero-order valence-electron chi connectivity index (χ0n) is 25.7. The summed E-state index contributed by atoms with van der Waals surface area (Å²) in [6.45, 7) is 7.36. The number of H-pyrrole nitrogens is 1. The first kappa shape index (κ1) is 30.2. The van der Waals surface area contributed by atoms with Crippen molar-refractivity contribution in [2.24, 2.45) is 23.7 Å². The van der Waals surface area contributed by atoms with E-state index in [1.54, 1.807) is 26.0 Å². The zero-order chi connectivity index (χ0) is 31.1. The Morgan fingerprint density at radius 3 is 1.84 bits per heavy atom. The van der Waals surface area contributed by atoms with Crippen LogP contribution in [-0.2, 0) is 19.2 Å². The van der Waals surface area contributed by atoms with Crippen molar-refractivity contribution >= 4 is 56.0 Å². The van der Waals surface area contributed by atoms with Crippen LogP contribution < -0.4 is 9.47 Å². The summed E-state index contributed by atoms with van der Waals surface area (Å²) in [7, 11) is 0. The number of hydrogen-bond donors (Lipinski definition) is 1. The van der Waals surface area contributed by atoms with Gasteiger partial charge < -0.3 is 14.5 Å². The molecule has 230 valence electrons. The lowest BCUT2D eigenvalue weighted by atomic mass is 9.80. The Kier molecular flexibility index (Phi) is 8.42. The van der Waals surface area contributed by atoms with Gasteiger partial charge in [-0.1, -0.05) is 11.6 Å². The predicted molar refractivity (Wildman–Crippen MR) is 170 cm³/mol. The van der Waals surface area contributed by atoms with Gasteiger partial charge in [-0.15, -0.1) is 11.3 Å². The van der Waals surface area contributed by atoms with Gasteiger partial charge in [-0.2, -0.15) is 0 Å². The van der Waals surface area contributed by atoms with Crippen molar-refractivity contribution in [2.45, 2.75) is 79.1 Å². The molecular weight excluding hydrogens is 576 g/mol. The van der Waals surface area contributed by atoms with Crippen molar-refractivity contribution in [3.8, 4) is 22.2 Å². The number of aromatic nitrogens is 2. The molecule has 0 bridgehead atoms. The second-order valence-electron chi connectivity index (χ2n) is 12.6. The molecule has 0 unspecified atom stereocenters. The number of esters is 2. The molecule has 6 rings (SSSR count). The summed E-state index contributed by atoms with van der Waals surface area (Å²) in [5, 5.41) is 1.77. The second kappa shape index (κ2) is 12.3. The number of hydrogen-bond acceptors (Lipinski definition) is 8. The number of Topliss-reactive ketones (excluding diaryl/α,β-unsaturated/α-hetero) is 2. The van der Waals surface area contributed by atoms with E-state index in [1.165, 1.54) is 16.9 Å². The summed E-state index contributed by atoms with van der Waals surface area (Å²) >= 11 is 1.38. The van der Waals surface area contributed by atoms with Gasteiger partial charge >= 0.3 is 11.9 Å². The molecule has 0 atom stereocenters. The van der Waals surface area contributed by atoms with E-state index in [9.17, 15) is 19.2 Å². The highest BCUT2D eigenvalue weighted by molar-refractivity contribution is 7.22. The molecule has 2 heterocycles. The van der Waals surface area contributed by atoms with Gasteiger partial charge in [0.1, 0.15) is 26.8 Å². The highest BCUT2D eigenvalue weighted by atomic mass is 32.1. The maximum absolute atomic E-state index is 13.3. The van der Waals surface area contributed by atoms with Gasteiger partial charge in [-0.25, -0.2) is 4.98 Å². The molecule has 2 fully saturated rings. The van der Waals surface area contributed by atoms with E-state index in [0.717, 1.165) is 22.2 Å². The average molecular weight is 615 g/mol. The topological polar surface area (TPSA) is 115 Å². The third-order valence-electron chi connectivity index (χ3n) is 9.46. The Morgan fingerprint density at radius 2 is 1.27 bits per heavy atom. The van der Waals surface area contributed by atoms with Crippen molar-refractivity contribution in [1.29, 1.82) is 0 Å². The smallest absolute Gasteiger partial charge is 0.314 e. The minimum Gasteiger partial charge on any atom is -0.425 e. The first-order chi connectivity index (χ1) is 21.1. The van der Waals surface area contributed by atoms with Crippen molar-refractivity contribution in [3.63, 3.8) is 0 Å². The quantitative estimate of drug-likeness (QED) is 0.168. The Morgan fingerprint density at radius 1 is 0.750 bits per heavy atom. The first-order valence-corrected chi connectivity index (χ1v) is 16.4. The van der Waals surface area contributed by atoms with Crippen LogP contribution in [0.15, 0.2) is 30.3 Å². The van der Waals surface area contributed by atoms with Gasteiger partial charge in [-0.3, -0.25) is 19.2 Å². The Labute approximate surface area is 260 Å². The second-order valence-corrected chi connectivity index (χ2v) is 13.6. The molecule has 4 aromatic rings. The van der Waals surface area contributed by atoms with Gasteiger partial charge in [-0.05, 0) is 109 Å². The molecule has 9 heteroatoms. The lowest BCUT2D eigenvalue weighted by Gasteiger charge is -2.25.